The molecule has 1 unspecified atom stereocenters. The normalized spacial score (nSPS) is 21.7. The molecule has 8 heteroatoms. The highest BCUT2D eigenvalue weighted by Gasteiger charge is 2.29. The molecule has 1 atom stereocenters. The molecule has 3 N–H and O–H groups in total. The van der Waals surface area contributed by atoms with Gasteiger partial charge in [0, 0.05) is 25.2 Å². The Kier molecular flexibility index (Phi) is 4.32. The Labute approximate surface area is 119 Å². The lowest BCUT2D eigenvalue weighted by molar-refractivity contribution is 0.567. The van der Waals surface area contributed by atoms with Crippen LogP contribution in [0, 0.1) is 0 Å². The van der Waals surface area contributed by atoms with Gasteiger partial charge in [0.25, 0.3) is 0 Å². The van der Waals surface area contributed by atoms with Gasteiger partial charge in [0.2, 0.25) is 5.95 Å². The van der Waals surface area contributed by atoms with Gasteiger partial charge in [0.15, 0.2) is 9.84 Å². The first-order chi connectivity index (χ1) is 9.41. The Morgan fingerprint density at radius 3 is 2.90 bits per heavy atom. The first-order valence-corrected chi connectivity index (χ1v) is 8.59. The molecule has 2 rings (SSSR count). The summed E-state index contributed by atoms with van der Waals surface area (Å²) in [5.74, 6) is 1.85. The number of aromatic nitrogens is 2. The van der Waals surface area contributed by atoms with Crippen LogP contribution in [0.5, 0.6) is 0 Å². The minimum atomic E-state index is -2.94. The Bertz CT molecular complexity index is 575. The van der Waals surface area contributed by atoms with Gasteiger partial charge >= 0.3 is 0 Å². The van der Waals surface area contributed by atoms with Crippen molar-refractivity contribution in [2.45, 2.75) is 26.3 Å². The molecule has 1 aromatic heterocycles. The zero-order valence-corrected chi connectivity index (χ0v) is 12.7. The standard InChI is InChI=1S/C12H21N5O2S/c1-3-4-14-10-7-11(16-12(13)15-10)17-5-6-20(18,19)8-9(17)2/h7,9H,3-6,8H2,1-2H3,(H3,13,14,15,16). The fourth-order valence-corrected chi connectivity index (χ4v) is 3.84. The highest BCUT2D eigenvalue weighted by molar-refractivity contribution is 7.91. The molecule has 0 saturated carbocycles. The van der Waals surface area contributed by atoms with Gasteiger partial charge in [-0.3, -0.25) is 0 Å². The molecule has 112 valence electrons. The molecule has 1 saturated heterocycles. The van der Waals surface area contributed by atoms with Crippen molar-refractivity contribution in [2.24, 2.45) is 0 Å². The van der Waals surface area contributed by atoms with Crippen LogP contribution in [0.1, 0.15) is 20.3 Å². The molecule has 7 nitrogen and oxygen atoms in total. The summed E-state index contributed by atoms with van der Waals surface area (Å²) in [5, 5.41) is 3.17. The van der Waals surface area contributed by atoms with Crippen LogP contribution in [0.3, 0.4) is 0 Å². The van der Waals surface area contributed by atoms with Crippen LogP contribution in [-0.4, -0.2) is 49.0 Å². The highest BCUT2D eigenvalue weighted by Crippen LogP contribution is 2.22. The fraction of sp³-hybridized carbons (Fsp3) is 0.667. The van der Waals surface area contributed by atoms with E-state index in [1.54, 1.807) is 0 Å². The van der Waals surface area contributed by atoms with Gasteiger partial charge in [-0.05, 0) is 13.3 Å². The van der Waals surface area contributed by atoms with Gasteiger partial charge in [-0.25, -0.2) is 8.42 Å². The van der Waals surface area contributed by atoms with Crippen LogP contribution >= 0.6 is 0 Å². The predicted octanol–water partition coefficient (Wildman–Crippen LogP) is 0.504. The maximum atomic E-state index is 11.6. The van der Waals surface area contributed by atoms with E-state index in [0.717, 1.165) is 13.0 Å². The first-order valence-electron chi connectivity index (χ1n) is 6.77. The molecule has 0 aliphatic carbocycles. The van der Waals surface area contributed by atoms with Crippen LogP contribution in [0.15, 0.2) is 6.07 Å². The molecule has 0 amide bonds. The third-order valence-corrected chi connectivity index (χ3v) is 5.05. The van der Waals surface area contributed by atoms with Gasteiger partial charge in [-0.2, -0.15) is 9.97 Å². The number of nitrogens with two attached hydrogens (primary N) is 1. The maximum absolute atomic E-state index is 11.6. The van der Waals surface area contributed by atoms with Gasteiger partial charge in [-0.15, -0.1) is 0 Å². The number of anilines is 3. The van der Waals surface area contributed by atoms with E-state index in [4.69, 9.17) is 5.73 Å². The number of nitrogens with one attached hydrogen (secondary N) is 1. The Hall–Kier alpha value is -1.57. The van der Waals surface area contributed by atoms with Crippen molar-refractivity contribution in [3.05, 3.63) is 6.07 Å². The second-order valence-electron chi connectivity index (χ2n) is 5.05. The van der Waals surface area contributed by atoms with Gasteiger partial charge in [-0.1, -0.05) is 6.92 Å². The molecule has 1 aliphatic rings. The third-order valence-electron chi connectivity index (χ3n) is 3.25. The number of nitrogens with zero attached hydrogens (tertiary/aromatic N) is 3. The van der Waals surface area contributed by atoms with Crippen LogP contribution in [0.25, 0.3) is 0 Å². The molecule has 1 aromatic rings. The van der Waals surface area contributed by atoms with Crippen LogP contribution in [-0.2, 0) is 9.84 Å². The van der Waals surface area contributed by atoms with Crippen molar-refractivity contribution in [1.29, 1.82) is 0 Å². The summed E-state index contributed by atoms with van der Waals surface area (Å²) in [7, 11) is -2.94. The smallest absolute Gasteiger partial charge is 0.223 e. The number of rotatable bonds is 4. The van der Waals surface area contributed by atoms with Gasteiger partial charge < -0.3 is 16.0 Å². The molecule has 0 radical (unpaired) electrons. The van der Waals surface area contributed by atoms with E-state index in [9.17, 15) is 8.42 Å². The minimum absolute atomic E-state index is 0.109. The van der Waals surface area contributed by atoms with E-state index < -0.39 is 9.84 Å². The van der Waals surface area contributed by atoms with Crippen molar-refractivity contribution >= 4 is 27.4 Å². The Morgan fingerprint density at radius 1 is 1.50 bits per heavy atom. The summed E-state index contributed by atoms with van der Waals surface area (Å²) in [5.41, 5.74) is 5.73. The van der Waals surface area contributed by atoms with E-state index in [0.29, 0.717) is 18.2 Å². The Balaban J connectivity index is 2.22. The summed E-state index contributed by atoms with van der Waals surface area (Å²) in [6.45, 7) is 5.19. The zero-order chi connectivity index (χ0) is 14.8. The highest BCUT2D eigenvalue weighted by atomic mass is 32.2. The van der Waals surface area contributed by atoms with Crippen LogP contribution < -0.4 is 16.0 Å². The molecule has 1 fully saturated rings. The average molecular weight is 299 g/mol. The topological polar surface area (TPSA) is 101 Å². The van der Waals surface area contributed by atoms with E-state index in [1.807, 2.05) is 17.9 Å². The zero-order valence-electron chi connectivity index (χ0n) is 11.8. The molecule has 1 aliphatic heterocycles. The lowest BCUT2D eigenvalue weighted by Crippen LogP contribution is -2.47. The van der Waals surface area contributed by atoms with Crippen molar-refractivity contribution in [3.63, 3.8) is 0 Å². The average Bonchev–Trinajstić information content (AvgIpc) is 2.34. The SMILES string of the molecule is CCCNc1cc(N2CCS(=O)(=O)CC2C)nc(N)n1. The van der Waals surface area contributed by atoms with Gasteiger partial charge in [0.1, 0.15) is 11.6 Å². The van der Waals surface area contributed by atoms with Crippen molar-refractivity contribution in [1.82, 2.24) is 9.97 Å². The van der Waals surface area contributed by atoms with Crippen LogP contribution in [0.4, 0.5) is 17.6 Å². The van der Waals surface area contributed by atoms with Gasteiger partial charge in [0.05, 0.1) is 11.5 Å². The summed E-state index contributed by atoms with van der Waals surface area (Å²) in [6.07, 6.45) is 0.984. The number of nitrogen functional groups attached to an aromatic ring is 1. The lowest BCUT2D eigenvalue weighted by Gasteiger charge is -2.34. The molecular formula is C12H21N5O2S. The van der Waals surface area contributed by atoms with Crippen LogP contribution in [0.2, 0.25) is 0 Å². The predicted molar refractivity (Wildman–Crippen MR) is 80.7 cm³/mol. The van der Waals surface area contributed by atoms with Crippen molar-refractivity contribution in [2.75, 3.05) is 40.5 Å². The van der Waals surface area contributed by atoms with E-state index in [2.05, 4.69) is 22.2 Å². The second kappa shape index (κ2) is 5.82. The molecular weight excluding hydrogens is 278 g/mol. The molecule has 20 heavy (non-hydrogen) atoms. The number of sulfone groups is 1. The molecule has 0 aromatic carbocycles. The lowest BCUT2D eigenvalue weighted by atomic mass is 10.3. The van der Waals surface area contributed by atoms with E-state index >= 15 is 0 Å². The summed E-state index contributed by atoms with van der Waals surface area (Å²) in [6, 6.07) is 1.71. The molecule has 0 spiro atoms. The largest absolute Gasteiger partial charge is 0.370 e. The first kappa shape index (κ1) is 14.8. The van der Waals surface area contributed by atoms with E-state index in [-0.39, 0.29) is 23.5 Å². The maximum Gasteiger partial charge on any atom is 0.223 e. The molecule has 2 heterocycles. The summed E-state index contributed by atoms with van der Waals surface area (Å²) < 4.78 is 23.2. The fourth-order valence-electron chi connectivity index (χ4n) is 2.28. The quantitative estimate of drug-likeness (QED) is 0.835. The van der Waals surface area contributed by atoms with E-state index in [1.165, 1.54) is 0 Å². The monoisotopic (exact) mass is 299 g/mol. The minimum Gasteiger partial charge on any atom is -0.370 e. The van der Waals surface area contributed by atoms with Crippen molar-refractivity contribution < 1.29 is 8.42 Å². The number of hydrogen-bond donors (Lipinski definition) is 2. The summed E-state index contributed by atoms with van der Waals surface area (Å²) in [4.78, 5) is 10.3. The summed E-state index contributed by atoms with van der Waals surface area (Å²) >= 11 is 0. The second-order valence-corrected chi connectivity index (χ2v) is 7.28. The Morgan fingerprint density at radius 2 is 2.25 bits per heavy atom. The third kappa shape index (κ3) is 3.50. The van der Waals surface area contributed by atoms with Crippen molar-refractivity contribution in [3.8, 4) is 0 Å². The molecule has 0 bridgehead atoms. The number of hydrogen-bond acceptors (Lipinski definition) is 7.